The Morgan fingerprint density at radius 3 is 2.45 bits per heavy atom. The summed E-state index contributed by atoms with van der Waals surface area (Å²) in [5, 5.41) is 5.71. The zero-order chi connectivity index (χ0) is 15.2. The zero-order valence-electron chi connectivity index (χ0n) is 13.0. The average Bonchev–Trinajstić information content (AvgIpc) is 2.75. The summed E-state index contributed by atoms with van der Waals surface area (Å²) >= 11 is 0. The van der Waals surface area contributed by atoms with Crippen molar-refractivity contribution in [2.75, 3.05) is 33.3 Å². The second-order valence-electron chi connectivity index (χ2n) is 6.41. The first-order valence-corrected chi connectivity index (χ1v) is 7.14. The summed E-state index contributed by atoms with van der Waals surface area (Å²) in [5.74, 6) is -0.154. The van der Waals surface area contributed by atoms with E-state index in [9.17, 15) is 9.59 Å². The predicted octanol–water partition coefficient (Wildman–Crippen LogP) is 0.128. The third-order valence-electron chi connectivity index (χ3n) is 2.89. The van der Waals surface area contributed by atoms with Gasteiger partial charge in [0.15, 0.2) is 0 Å². The van der Waals surface area contributed by atoms with E-state index in [-0.39, 0.29) is 36.5 Å². The highest BCUT2D eigenvalue weighted by Crippen LogP contribution is 2.10. The number of nitrogens with one attached hydrogen (secondary N) is 2. The molecule has 1 rings (SSSR count). The van der Waals surface area contributed by atoms with Crippen LogP contribution in [0.1, 0.15) is 33.6 Å². The summed E-state index contributed by atoms with van der Waals surface area (Å²) in [6.45, 7) is 7.56. The van der Waals surface area contributed by atoms with Crippen LogP contribution in [0.4, 0.5) is 0 Å². The number of hydrogen-bond acceptors (Lipinski definition) is 4. The van der Waals surface area contributed by atoms with Crippen molar-refractivity contribution in [1.82, 2.24) is 15.5 Å². The molecule has 1 unspecified atom stereocenters. The Labute approximate surface area is 121 Å². The topological polar surface area (TPSA) is 70.7 Å². The molecule has 0 radical (unpaired) electrons. The number of rotatable bonds is 6. The highest BCUT2D eigenvalue weighted by molar-refractivity contribution is 5.81. The van der Waals surface area contributed by atoms with Crippen LogP contribution >= 0.6 is 0 Å². The lowest BCUT2D eigenvalue weighted by Crippen LogP contribution is -2.47. The summed E-state index contributed by atoms with van der Waals surface area (Å²) in [5.41, 5.74) is -0.250. The van der Waals surface area contributed by atoms with Crippen molar-refractivity contribution in [2.24, 2.45) is 0 Å². The molecule has 1 heterocycles. The molecule has 1 aliphatic heterocycles. The van der Waals surface area contributed by atoms with E-state index in [4.69, 9.17) is 4.74 Å². The Kier molecular flexibility index (Phi) is 6.42. The first-order valence-electron chi connectivity index (χ1n) is 7.14. The standard InChI is InChI=1S/C14H27N3O3/c1-14(2,3)16-13(19)10-17(4)9-12(18)15-8-11-6-5-7-20-11/h11H,5-10H2,1-4H3,(H,15,18)(H,16,19). The van der Waals surface area contributed by atoms with Gasteiger partial charge in [-0.15, -0.1) is 0 Å². The van der Waals surface area contributed by atoms with Gasteiger partial charge in [0, 0.05) is 18.7 Å². The fourth-order valence-electron chi connectivity index (χ4n) is 2.09. The van der Waals surface area contributed by atoms with Gasteiger partial charge < -0.3 is 15.4 Å². The maximum absolute atomic E-state index is 11.7. The van der Waals surface area contributed by atoms with Gasteiger partial charge in [0.2, 0.25) is 11.8 Å². The van der Waals surface area contributed by atoms with Crippen molar-refractivity contribution in [1.29, 1.82) is 0 Å². The maximum Gasteiger partial charge on any atom is 0.234 e. The Bertz CT molecular complexity index is 333. The monoisotopic (exact) mass is 285 g/mol. The minimum atomic E-state index is -0.250. The lowest BCUT2D eigenvalue weighted by molar-refractivity contribution is -0.125. The summed E-state index contributed by atoms with van der Waals surface area (Å²) in [7, 11) is 1.76. The number of carbonyl (C=O) groups excluding carboxylic acids is 2. The lowest BCUT2D eigenvalue weighted by atomic mass is 10.1. The summed E-state index contributed by atoms with van der Waals surface area (Å²) in [6, 6.07) is 0. The zero-order valence-corrected chi connectivity index (χ0v) is 13.0. The molecular weight excluding hydrogens is 258 g/mol. The quantitative estimate of drug-likeness (QED) is 0.728. The van der Waals surface area contributed by atoms with E-state index in [1.165, 1.54) is 0 Å². The molecule has 1 fully saturated rings. The van der Waals surface area contributed by atoms with Gasteiger partial charge in [0.1, 0.15) is 0 Å². The van der Waals surface area contributed by atoms with Gasteiger partial charge in [-0.2, -0.15) is 0 Å². The summed E-state index contributed by atoms with van der Waals surface area (Å²) < 4.78 is 5.44. The molecule has 6 nitrogen and oxygen atoms in total. The van der Waals surface area contributed by atoms with Crippen LogP contribution in [0.2, 0.25) is 0 Å². The van der Waals surface area contributed by atoms with Crippen molar-refractivity contribution >= 4 is 11.8 Å². The van der Waals surface area contributed by atoms with Crippen molar-refractivity contribution in [3.8, 4) is 0 Å². The fourth-order valence-corrected chi connectivity index (χ4v) is 2.09. The number of hydrogen-bond donors (Lipinski definition) is 2. The van der Waals surface area contributed by atoms with Gasteiger partial charge in [-0.1, -0.05) is 0 Å². The van der Waals surface area contributed by atoms with E-state index >= 15 is 0 Å². The molecule has 2 amide bonds. The molecule has 1 saturated heterocycles. The number of nitrogens with zero attached hydrogens (tertiary/aromatic N) is 1. The molecule has 116 valence electrons. The Morgan fingerprint density at radius 1 is 1.25 bits per heavy atom. The minimum Gasteiger partial charge on any atom is -0.376 e. The van der Waals surface area contributed by atoms with Gasteiger partial charge >= 0.3 is 0 Å². The molecule has 0 aromatic rings. The Balaban J connectivity index is 2.18. The van der Waals surface area contributed by atoms with Crippen molar-refractivity contribution in [3.05, 3.63) is 0 Å². The minimum absolute atomic E-state index is 0.0769. The van der Waals surface area contributed by atoms with Gasteiger partial charge in [0.25, 0.3) is 0 Å². The highest BCUT2D eigenvalue weighted by Gasteiger charge is 2.18. The van der Waals surface area contributed by atoms with Gasteiger partial charge in [-0.25, -0.2) is 0 Å². The van der Waals surface area contributed by atoms with Crippen molar-refractivity contribution in [2.45, 2.75) is 45.3 Å². The first kappa shape index (κ1) is 16.9. The van der Waals surface area contributed by atoms with Crippen LogP contribution in [-0.4, -0.2) is 61.6 Å². The molecule has 0 spiro atoms. The van der Waals surface area contributed by atoms with E-state index < -0.39 is 0 Å². The fraction of sp³-hybridized carbons (Fsp3) is 0.857. The molecule has 0 bridgehead atoms. The third kappa shape index (κ3) is 7.45. The van der Waals surface area contributed by atoms with Gasteiger partial charge in [0.05, 0.1) is 19.2 Å². The average molecular weight is 285 g/mol. The lowest BCUT2D eigenvalue weighted by Gasteiger charge is -2.23. The van der Waals surface area contributed by atoms with Crippen LogP contribution in [-0.2, 0) is 14.3 Å². The van der Waals surface area contributed by atoms with Crippen molar-refractivity contribution in [3.63, 3.8) is 0 Å². The molecule has 0 aliphatic carbocycles. The molecule has 0 saturated carbocycles. The van der Waals surface area contributed by atoms with Crippen molar-refractivity contribution < 1.29 is 14.3 Å². The Morgan fingerprint density at radius 2 is 1.90 bits per heavy atom. The van der Waals surface area contributed by atoms with E-state index in [2.05, 4.69) is 10.6 Å². The number of likely N-dealkylation sites (N-methyl/N-ethyl adjacent to an activating group) is 1. The molecule has 6 heteroatoms. The van der Waals surface area contributed by atoms with Gasteiger partial charge in [-0.05, 0) is 40.7 Å². The van der Waals surface area contributed by atoms with Crippen LogP contribution < -0.4 is 10.6 Å². The second-order valence-corrected chi connectivity index (χ2v) is 6.41. The van der Waals surface area contributed by atoms with E-state index in [0.29, 0.717) is 6.54 Å². The number of ether oxygens (including phenoxy) is 1. The van der Waals surface area contributed by atoms with Gasteiger partial charge in [-0.3, -0.25) is 14.5 Å². The molecule has 0 aromatic carbocycles. The Hall–Kier alpha value is -1.14. The molecule has 2 N–H and O–H groups in total. The highest BCUT2D eigenvalue weighted by atomic mass is 16.5. The van der Waals surface area contributed by atoms with E-state index in [1.807, 2.05) is 20.8 Å². The summed E-state index contributed by atoms with van der Waals surface area (Å²) in [6.07, 6.45) is 2.21. The third-order valence-corrected chi connectivity index (χ3v) is 2.89. The molecule has 1 aliphatic rings. The smallest absolute Gasteiger partial charge is 0.234 e. The van der Waals surface area contributed by atoms with E-state index in [1.54, 1.807) is 11.9 Å². The van der Waals surface area contributed by atoms with E-state index in [0.717, 1.165) is 19.4 Å². The normalized spacial score (nSPS) is 19.1. The summed E-state index contributed by atoms with van der Waals surface area (Å²) in [4.78, 5) is 25.2. The SMILES string of the molecule is CN(CC(=O)NCC1CCCO1)CC(=O)NC(C)(C)C. The van der Waals surface area contributed by atoms with Crippen LogP contribution in [0.15, 0.2) is 0 Å². The second kappa shape index (κ2) is 7.59. The van der Waals surface area contributed by atoms with Crippen LogP contribution in [0.25, 0.3) is 0 Å². The largest absolute Gasteiger partial charge is 0.376 e. The number of carbonyl (C=O) groups is 2. The predicted molar refractivity (Wildman–Crippen MR) is 77.4 cm³/mol. The van der Waals surface area contributed by atoms with Crippen LogP contribution in [0.5, 0.6) is 0 Å². The van der Waals surface area contributed by atoms with Crippen LogP contribution in [0.3, 0.4) is 0 Å². The molecule has 20 heavy (non-hydrogen) atoms. The van der Waals surface area contributed by atoms with Crippen LogP contribution in [0, 0.1) is 0 Å². The molecule has 0 aromatic heterocycles. The number of amides is 2. The maximum atomic E-state index is 11.7. The molecular formula is C14H27N3O3. The molecule has 1 atom stereocenters. The first-order chi connectivity index (χ1) is 9.26.